The zero-order valence-corrected chi connectivity index (χ0v) is 12.3. The van der Waals surface area contributed by atoms with Crippen LogP contribution in [0.2, 0.25) is 0 Å². The van der Waals surface area contributed by atoms with E-state index in [9.17, 15) is 5.11 Å². The maximum atomic E-state index is 10.9. The third-order valence-electron chi connectivity index (χ3n) is 4.84. The third-order valence-corrected chi connectivity index (χ3v) is 4.84. The van der Waals surface area contributed by atoms with Crippen molar-refractivity contribution >= 4 is 10.8 Å². The molecule has 0 aromatic heterocycles. The van der Waals surface area contributed by atoms with Gasteiger partial charge in [0.05, 0.1) is 6.10 Å². The van der Waals surface area contributed by atoms with Crippen LogP contribution in [0.3, 0.4) is 0 Å². The minimum Gasteiger partial charge on any atom is -0.388 e. The number of benzene rings is 2. The zero-order chi connectivity index (χ0) is 13.9. The van der Waals surface area contributed by atoms with Gasteiger partial charge in [0.25, 0.3) is 0 Å². The molecule has 1 N–H and O–H groups in total. The molecule has 1 heteroatoms. The van der Waals surface area contributed by atoms with Gasteiger partial charge in [-0.05, 0) is 47.6 Å². The lowest BCUT2D eigenvalue weighted by molar-refractivity contribution is 0.100. The predicted octanol–water partition coefficient (Wildman–Crippen LogP) is 5.15. The summed E-state index contributed by atoms with van der Waals surface area (Å²) in [5, 5.41) is 13.4. The lowest BCUT2D eigenvalue weighted by Crippen LogP contribution is -2.12. The molecule has 0 saturated heterocycles. The molecule has 0 spiro atoms. The molecule has 0 heterocycles. The Morgan fingerprint density at radius 3 is 2.25 bits per heavy atom. The van der Waals surface area contributed by atoms with Gasteiger partial charge in [-0.1, -0.05) is 62.1 Å². The third kappa shape index (κ3) is 2.60. The molecule has 0 aliphatic heterocycles. The fraction of sp³-hybridized carbons (Fsp3) is 0.474. The van der Waals surface area contributed by atoms with Crippen molar-refractivity contribution < 1.29 is 5.11 Å². The molecule has 106 valence electrons. The molecule has 3 rings (SSSR count). The summed E-state index contributed by atoms with van der Waals surface area (Å²) >= 11 is 0. The van der Waals surface area contributed by atoms with Crippen LogP contribution in [0.1, 0.15) is 55.8 Å². The number of aliphatic hydroxyl groups is 1. The van der Waals surface area contributed by atoms with Crippen LogP contribution in [0.5, 0.6) is 0 Å². The van der Waals surface area contributed by atoms with Gasteiger partial charge in [-0.15, -0.1) is 0 Å². The Morgan fingerprint density at radius 1 is 0.900 bits per heavy atom. The maximum Gasteiger partial charge on any atom is 0.0824 e. The first-order chi connectivity index (χ1) is 9.77. The van der Waals surface area contributed by atoms with E-state index in [0.717, 1.165) is 5.56 Å². The van der Waals surface area contributed by atoms with E-state index in [1.807, 2.05) is 0 Å². The van der Waals surface area contributed by atoms with Gasteiger partial charge in [0, 0.05) is 0 Å². The Bertz CT molecular complexity index is 579. The van der Waals surface area contributed by atoms with Crippen molar-refractivity contribution in [1.29, 1.82) is 0 Å². The quantitative estimate of drug-likeness (QED) is 0.747. The lowest BCUT2D eigenvalue weighted by atomic mass is 9.86. The van der Waals surface area contributed by atoms with E-state index in [1.165, 1.54) is 54.9 Å². The fourth-order valence-corrected chi connectivity index (χ4v) is 3.61. The maximum absolute atomic E-state index is 10.9. The number of hydrogen-bond acceptors (Lipinski definition) is 1. The summed E-state index contributed by atoms with van der Waals surface area (Å²) in [4.78, 5) is 0. The van der Waals surface area contributed by atoms with Gasteiger partial charge in [-0.2, -0.15) is 0 Å². The summed E-state index contributed by atoms with van der Waals surface area (Å²) in [5.41, 5.74) is 2.41. The molecule has 0 radical (unpaired) electrons. The van der Waals surface area contributed by atoms with Crippen LogP contribution < -0.4 is 0 Å². The van der Waals surface area contributed by atoms with E-state index in [1.54, 1.807) is 0 Å². The smallest absolute Gasteiger partial charge is 0.0824 e. The summed E-state index contributed by atoms with van der Waals surface area (Å²) in [7, 11) is 0. The Balaban J connectivity index is 1.98. The first kappa shape index (κ1) is 13.6. The second-order valence-electron chi connectivity index (χ2n) is 6.21. The molecule has 1 nitrogen and oxygen atoms in total. The molecule has 1 aliphatic carbocycles. The van der Waals surface area contributed by atoms with Gasteiger partial charge < -0.3 is 5.11 Å². The van der Waals surface area contributed by atoms with E-state index >= 15 is 0 Å². The highest BCUT2D eigenvalue weighted by atomic mass is 16.3. The molecule has 1 atom stereocenters. The molecule has 1 fully saturated rings. The van der Waals surface area contributed by atoms with Crippen LogP contribution >= 0.6 is 0 Å². The van der Waals surface area contributed by atoms with Crippen LogP contribution in [0.25, 0.3) is 10.8 Å². The molecular formula is C19H24O. The van der Waals surface area contributed by atoms with Gasteiger partial charge >= 0.3 is 0 Å². The normalized spacial score (nSPS) is 18.9. The second kappa shape index (κ2) is 5.97. The summed E-state index contributed by atoms with van der Waals surface area (Å²) in [6.45, 7) is 2.14. The Labute approximate surface area is 121 Å². The van der Waals surface area contributed by atoms with Gasteiger partial charge in [-0.25, -0.2) is 0 Å². The van der Waals surface area contributed by atoms with Crippen molar-refractivity contribution in [3.8, 4) is 0 Å². The van der Waals surface area contributed by atoms with Gasteiger partial charge in [-0.3, -0.25) is 0 Å². The highest BCUT2D eigenvalue weighted by Crippen LogP contribution is 2.36. The molecule has 20 heavy (non-hydrogen) atoms. The number of aryl methyl sites for hydroxylation is 1. The average molecular weight is 268 g/mol. The van der Waals surface area contributed by atoms with E-state index < -0.39 is 0 Å². The van der Waals surface area contributed by atoms with E-state index in [2.05, 4.69) is 43.3 Å². The summed E-state index contributed by atoms with van der Waals surface area (Å²) in [6, 6.07) is 12.7. The molecule has 1 unspecified atom stereocenters. The average Bonchev–Trinajstić information content (AvgIpc) is 2.76. The van der Waals surface area contributed by atoms with Crippen LogP contribution in [0, 0.1) is 12.8 Å². The first-order valence-corrected chi connectivity index (χ1v) is 7.93. The highest BCUT2D eigenvalue weighted by Gasteiger charge is 2.23. The lowest BCUT2D eigenvalue weighted by Gasteiger charge is -2.23. The summed E-state index contributed by atoms with van der Waals surface area (Å²) in [5.74, 6) is 0.434. The number of fused-ring (bicyclic) bond motifs is 1. The standard InChI is InChI=1S/C19H24O/c1-14-12-13-18(17-11-7-6-10-16(14)17)19(20)15-8-4-2-3-5-9-15/h6-7,10-13,15,19-20H,2-5,8-9H2,1H3. The van der Waals surface area contributed by atoms with Gasteiger partial charge in [0.15, 0.2) is 0 Å². The Kier molecular flexibility index (Phi) is 4.07. The van der Waals surface area contributed by atoms with Crippen molar-refractivity contribution in [2.24, 2.45) is 5.92 Å². The number of hydrogen-bond donors (Lipinski definition) is 1. The van der Waals surface area contributed by atoms with E-state index in [0.29, 0.717) is 5.92 Å². The number of aliphatic hydroxyl groups excluding tert-OH is 1. The molecule has 2 aromatic carbocycles. The first-order valence-electron chi connectivity index (χ1n) is 7.93. The van der Waals surface area contributed by atoms with Crippen molar-refractivity contribution in [3.63, 3.8) is 0 Å². The predicted molar refractivity (Wildman–Crippen MR) is 84.8 cm³/mol. The van der Waals surface area contributed by atoms with Crippen LogP contribution in [-0.2, 0) is 0 Å². The SMILES string of the molecule is Cc1ccc(C(O)C2CCCCCC2)c2ccccc12. The van der Waals surface area contributed by atoms with Crippen molar-refractivity contribution in [2.75, 3.05) is 0 Å². The monoisotopic (exact) mass is 268 g/mol. The minimum atomic E-state index is -0.307. The molecule has 1 saturated carbocycles. The topological polar surface area (TPSA) is 20.2 Å². The zero-order valence-electron chi connectivity index (χ0n) is 12.3. The number of rotatable bonds is 2. The van der Waals surface area contributed by atoms with Crippen molar-refractivity contribution in [1.82, 2.24) is 0 Å². The molecular weight excluding hydrogens is 244 g/mol. The van der Waals surface area contributed by atoms with Crippen LogP contribution in [0.4, 0.5) is 0 Å². The van der Waals surface area contributed by atoms with E-state index in [4.69, 9.17) is 0 Å². The Morgan fingerprint density at radius 2 is 1.55 bits per heavy atom. The largest absolute Gasteiger partial charge is 0.388 e. The van der Waals surface area contributed by atoms with Crippen molar-refractivity contribution in [2.45, 2.75) is 51.6 Å². The van der Waals surface area contributed by atoms with E-state index in [-0.39, 0.29) is 6.10 Å². The summed E-state index contributed by atoms with van der Waals surface area (Å²) < 4.78 is 0. The van der Waals surface area contributed by atoms with Crippen LogP contribution in [0.15, 0.2) is 36.4 Å². The fourth-order valence-electron chi connectivity index (χ4n) is 3.61. The molecule has 0 bridgehead atoms. The van der Waals surface area contributed by atoms with Crippen LogP contribution in [-0.4, -0.2) is 5.11 Å². The molecule has 0 amide bonds. The van der Waals surface area contributed by atoms with Gasteiger partial charge in [0.1, 0.15) is 0 Å². The second-order valence-corrected chi connectivity index (χ2v) is 6.21. The Hall–Kier alpha value is -1.34. The molecule has 1 aliphatic rings. The molecule has 2 aromatic rings. The summed E-state index contributed by atoms with van der Waals surface area (Å²) in [6.07, 6.45) is 7.23. The van der Waals surface area contributed by atoms with Crippen molar-refractivity contribution in [3.05, 3.63) is 47.5 Å². The minimum absolute atomic E-state index is 0.307. The van der Waals surface area contributed by atoms with Gasteiger partial charge in [0.2, 0.25) is 0 Å². The highest BCUT2D eigenvalue weighted by molar-refractivity contribution is 5.88.